The number of carbonyl (C=O) groups is 6. The average Bonchev–Trinajstić information content (AvgIpc) is 0.858. The second kappa shape index (κ2) is 93.6. The first-order valence-electron chi connectivity index (χ1n) is 51.3. The SMILES string of the molecule is CCCCCC/C=C\CCCC(=O)OC(CCCCCCC)CCOCC(COP(=O)([O-])OCCNC(=O)C(Cc1ccc(OCCNC(=O)CCCCC(=O)O)cc1)C(=O)NCCOP(=O)([O-])OCC(COCCC(CCCCCCC)OC(O)CCC/C=C\CCCCCC)NC(O)CCCCCCCCCCCCC)NC(=O)CCCCCCCCCCCCC.[Na+].[Na+]. The van der Waals surface area contributed by atoms with E-state index >= 15 is 0 Å². The van der Waals surface area contributed by atoms with Gasteiger partial charge in [-0.15, -0.1) is 0 Å². The number of benzene rings is 1. The van der Waals surface area contributed by atoms with Crippen LogP contribution < -0.4 is 100 Å². The van der Waals surface area contributed by atoms with Crippen LogP contribution in [0.3, 0.4) is 0 Å². The van der Waals surface area contributed by atoms with E-state index in [1.54, 1.807) is 24.3 Å². The van der Waals surface area contributed by atoms with Gasteiger partial charge in [0.2, 0.25) is 23.6 Å². The maximum Gasteiger partial charge on any atom is 1.00 e. The zero-order valence-electron chi connectivity index (χ0n) is 83.4. The van der Waals surface area contributed by atoms with Crippen LogP contribution in [-0.4, -0.2) is 167 Å². The molecule has 0 spiro atoms. The standard InChI is InChI=1S/C100H185N5O22P2.2Na/c1-7-13-19-25-29-33-35-39-41-47-53-62-94(107)104-87(82-119-76-71-90(59-51-45-23-17-11-5)126-97(111)65-55-49-43-37-31-27-21-15-9-3)84-124-128(115,116)122-79-74-102-99(113)92(81-86-67-69-89(70-68-86)121-78-73-101-93(106)61-57-58-64-96(109)110)100(114)103-75-80-123-129(117,118)125-85-88(105-95(108)63-54-48-42-40-36-34-30-26-20-14-8-2)83-120-77-72-91(60-52-46-24-18-12-6)127-98(112)66-56-50-44-38-32-28-22-16-10-4;;/h37-38,43-44,67-70,87-88,90-92,94,97,104,107,111H,7-36,39-42,45-66,71-85H2,1-6H3,(H,101,106)(H,102,113)(H,103,114)(H,105,108)(H,109,110)(H,115,116)(H,117,118);;/q;2*+1/p-2/b43-37-,44-38-;;. The van der Waals surface area contributed by atoms with Crippen molar-refractivity contribution >= 4 is 51.2 Å². The van der Waals surface area contributed by atoms with Crippen molar-refractivity contribution in [2.24, 2.45) is 5.92 Å². The number of ether oxygens (including phenoxy) is 5. The first-order valence-corrected chi connectivity index (χ1v) is 54.2. The molecule has 8 N–H and O–H groups in total. The van der Waals surface area contributed by atoms with Crippen molar-refractivity contribution in [2.45, 2.75) is 457 Å². The number of aliphatic hydroxyl groups excluding tert-OH is 2. The molecule has 31 heteroatoms. The second-order valence-corrected chi connectivity index (χ2v) is 37.9. The number of hydrogen-bond donors (Lipinski definition) is 8. The minimum Gasteiger partial charge on any atom is -0.756 e. The molecule has 0 aliphatic heterocycles. The monoisotopic (exact) mass is 1910 g/mol. The molecule has 131 heavy (non-hydrogen) atoms. The summed E-state index contributed by atoms with van der Waals surface area (Å²) in [4.78, 5) is 105. The summed E-state index contributed by atoms with van der Waals surface area (Å²) in [7, 11) is -10.2. The van der Waals surface area contributed by atoms with Crippen molar-refractivity contribution in [2.75, 3.05) is 79.1 Å². The molecule has 9 atom stereocenters. The fourth-order valence-corrected chi connectivity index (χ4v) is 16.5. The number of carboxylic acids is 1. The number of carboxylic acid groups (broad SMARTS) is 1. The van der Waals surface area contributed by atoms with Gasteiger partial charge in [-0.2, -0.15) is 0 Å². The summed E-state index contributed by atoms with van der Waals surface area (Å²) in [6.07, 6.45) is 60.6. The molecule has 0 saturated heterocycles. The van der Waals surface area contributed by atoms with Crippen LogP contribution in [0, 0.1) is 5.92 Å². The Kier molecular flexibility index (Phi) is 93.1. The quantitative estimate of drug-likeness (QED) is 0.00571. The maximum absolute atomic E-state index is 14.2. The third kappa shape index (κ3) is 85.0. The van der Waals surface area contributed by atoms with E-state index in [2.05, 4.69) is 92.4 Å². The van der Waals surface area contributed by atoms with E-state index < -0.39 is 110 Å². The predicted octanol–water partition coefficient (Wildman–Crippen LogP) is 14.9. The largest absolute Gasteiger partial charge is 1.00 e. The Balaban J connectivity index is 0. The van der Waals surface area contributed by atoms with Crippen molar-refractivity contribution in [3.05, 3.63) is 54.1 Å². The van der Waals surface area contributed by atoms with E-state index in [0.717, 1.165) is 161 Å². The summed E-state index contributed by atoms with van der Waals surface area (Å²) in [5, 5.41) is 45.1. The Morgan fingerprint density at radius 1 is 0.389 bits per heavy atom. The van der Waals surface area contributed by atoms with Gasteiger partial charge in [0.25, 0.3) is 15.6 Å². The topological polar surface area (TPSA) is 387 Å². The van der Waals surface area contributed by atoms with Gasteiger partial charge in [0.05, 0.1) is 71.0 Å². The Labute approximate surface area is 837 Å². The van der Waals surface area contributed by atoms with Crippen molar-refractivity contribution in [3.8, 4) is 5.75 Å². The molecule has 1 aromatic carbocycles. The molecular weight excluding hydrogens is 1730 g/mol. The average molecular weight is 1920 g/mol. The van der Waals surface area contributed by atoms with Gasteiger partial charge in [0, 0.05) is 51.8 Å². The van der Waals surface area contributed by atoms with Crippen LogP contribution in [0.2, 0.25) is 0 Å². The summed E-state index contributed by atoms with van der Waals surface area (Å²) >= 11 is 0. The normalized spacial score (nSPS) is 14.2. The second-order valence-electron chi connectivity index (χ2n) is 35.1. The van der Waals surface area contributed by atoms with Crippen LogP contribution in [0.25, 0.3) is 0 Å². The molecule has 4 amide bonds. The van der Waals surface area contributed by atoms with Crippen LogP contribution in [-0.2, 0) is 81.4 Å². The van der Waals surface area contributed by atoms with Crippen molar-refractivity contribution in [1.82, 2.24) is 26.6 Å². The van der Waals surface area contributed by atoms with Crippen molar-refractivity contribution in [1.29, 1.82) is 0 Å². The number of carbonyl (C=O) groups excluding carboxylic acids is 5. The Morgan fingerprint density at radius 3 is 1.27 bits per heavy atom. The molecule has 0 fully saturated rings. The number of phosphoric acid groups is 2. The van der Waals surface area contributed by atoms with Gasteiger partial charge in [-0.3, -0.25) is 43.2 Å². The fraction of sp³-hybridized carbons (Fsp3) is 0.840. The number of hydrogen-bond acceptors (Lipinski definition) is 22. The number of phosphoric ester groups is 2. The van der Waals surface area contributed by atoms with Gasteiger partial charge >= 0.3 is 71.1 Å². The van der Waals surface area contributed by atoms with Crippen molar-refractivity contribution < 1.29 is 164 Å². The number of unbranched alkanes of at least 4 members (excludes halogenated alkanes) is 39. The summed E-state index contributed by atoms with van der Waals surface area (Å²) < 4.78 is 78.7. The Morgan fingerprint density at radius 2 is 0.779 bits per heavy atom. The van der Waals surface area contributed by atoms with E-state index in [1.165, 1.54) is 128 Å². The number of amides is 4. The number of esters is 1. The fourth-order valence-electron chi connectivity index (χ4n) is 15.0. The predicted molar refractivity (Wildman–Crippen MR) is 512 cm³/mol. The van der Waals surface area contributed by atoms with E-state index in [0.29, 0.717) is 75.5 Å². The van der Waals surface area contributed by atoms with Gasteiger partial charge in [0.1, 0.15) is 30.6 Å². The first-order chi connectivity index (χ1) is 62.6. The first kappa shape index (κ1) is 130. The zero-order chi connectivity index (χ0) is 94.4. The van der Waals surface area contributed by atoms with Crippen LogP contribution in [0.5, 0.6) is 5.75 Å². The van der Waals surface area contributed by atoms with Crippen LogP contribution in [0.1, 0.15) is 420 Å². The zero-order valence-corrected chi connectivity index (χ0v) is 89.1. The molecule has 752 valence electrons. The molecule has 27 nitrogen and oxygen atoms in total. The summed E-state index contributed by atoms with van der Waals surface area (Å²) in [5.74, 6) is -4.49. The van der Waals surface area contributed by atoms with Crippen LogP contribution >= 0.6 is 15.6 Å². The molecule has 0 bridgehead atoms. The number of aliphatic carboxylic acids is 1. The third-order valence-corrected chi connectivity index (χ3v) is 24.8. The molecule has 1 aromatic rings. The van der Waals surface area contributed by atoms with Gasteiger partial charge < -0.3 is 88.2 Å². The molecule has 9 unspecified atom stereocenters. The Bertz CT molecular complexity index is 3010. The number of nitrogens with one attached hydrogen (secondary N) is 5. The van der Waals surface area contributed by atoms with E-state index in [9.17, 15) is 57.9 Å². The van der Waals surface area contributed by atoms with E-state index in [-0.39, 0.29) is 148 Å². The summed E-state index contributed by atoms with van der Waals surface area (Å²) in [6.45, 7) is 10.6. The smallest absolute Gasteiger partial charge is 0.756 e. The molecule has 0 aromatic heterocycles. The van der Waals surface area contributed by atoms with Gasteiger partial charge in [-0.25, -0.2) is 0 Å². The van der Waals surface area contributed by atoms with E-state index in [1.807, 2.05) is 0 Å². The summed E-state index contributed by atoms with van der Waals surface area (Å²) in [5.41, 5.74) is 0.497. The Hall–Kier alpha value is -2.70. The third-order valence-electron chi connectivity index (χ3n) is 22.9. The van der Waals surface area contributed by atoms with Crippen molar-refractivity contribution in [3.63, 3.8) is 0 Å². The van der Waals surface area contributed by atoms with Gasteiger partial charge in [-0.05, 0) is 140 Å². The van der Waals surface area contributed by atoms with Crippen LogP contribution in [0.15, 0.2) is 48.6 Å². The summed E-state index contributed by atoms with van der Waals surface area (Å²) in [6, 6.07) is 4.74. The number of aliphatic hydroxyl groups is 2. The van der Waals surface area contributed by atoms with E-state index in [4.69, 9.17) is 46.9 Å². The number of allylic oxidation sites excluding steroid dienone is 4. The van der Waals surface area contributed by atoms with Crippen LogP contribution in [0.4, 0.5) is 0 Å². The molecule has 0 aliphatic carbocycles. The minimum atomic E-state index is -5.13. The molecular formula is C100H183N5Na2O22P2. The molecule has 0 radical (unpaired) electrons. The minimum absolute atomic E-state index is 0. The van der Waals surface area contributed by atoms with Gasteiger partial charge in [0.15, 0.2) is 6.29 Å². The maximum atomic E-state index is 14.2. The number of rotatable bonds is 97. The molecule has 0 heterocycles. The molecule has 0 saturated carbocycles. The molecule has 0 aliphatic rings. The van der Waals surface area contributed by atoms with Gasteiger partial charge in [-0.1, -0.05) is 303 Å². The molecule has 1 rings (SSSR count).